The van der Waals surface area contributed by atoms with Gasteiger partial charge in [-0.1, -0.05) is 23.7 Å². The van der Waals surface area contributed by atoms with Crippen LogP contribution in [0.3, 0.4) is 0 Å². The van der Waals surface area contributed by atoms with Crippen molar-refractivity contribution in [1.29, 1.82) is 0 Å². The van der Waals surface area contributed by atoms with Gasteiger partial charge in [0.15, 0.2) is 0 Å². The molecule has 126 valence electrons. The predicted molar refractivity (Wildman–Crippen MR) is 94.0 cm³/mol. The highest BCUT2D eigenvalue weighted by molar-refractivity contribution is 7.92. The van der Waals surface area contributed by atoms with Gasteiger partial charge in [-0.25, -0.2) is 8.42 Å². The molecule has 1 aliphatic rings. The molecule has 0 bridgehead atoms. The maximum absolute atomic E-state index is 12.6. The number of anilines is 1. The summed E-state index contributed by atoms with van der Waals surface area (Å²) in [5, 5.41) is 0.251. The Balaban J connectivity index is 1.91. The van der Waals surface area contributed by atoms with Gasteiger partial charge in [-0.3, -0.25) is 9.52 Å². The normalized spacial score (nSPS) is 14.2. The number of aryl methyl sites for hydroxylation is 1. The van der Waals surface area contributed by atoms with Crippen LogP contribution < -0.4 is 4.72 Å². The summed E-state index contributed by atoms with van der Waals surface area (Å²) >= 11 is 6.08. The van der Waals surface area contributed by atoms with Crippen molar-refractivity contribution in [1.82, 2.24) is 4.90 Å². The fourth-order valence-corrected chi connectivity index (χ4v) is 3.72. The lowest BCUT2D eigenvalue weighted by molar-refractivity contribution is 0.0652. The van der Waals surface area contributed by atoms with Gasteiger partial charge in [0, 0.05) is 18.8 Å². The minimum absolute atomic E-state index is 0.0114. The average molecular weight is 365 g/mol. The summed E-state index contributed by atoms with van der Waals surface area (Å²) in [6, 6.07) is 11.2. The number of hydrogen-bond donors (Lipinski definition) is 1. The van der Waals surface area contributed by atoms with E-state index in [2.05, 4.69) is 4.72 Å². The quantitative estimate of drug-likeness (QED) is 0.905. The summed E-state index contributed by atoms with van der Waals surface area (Å²) < 4.78 is 27.7. The summed E-state index contributed by atoms with van der Waals surface area (Å²) in [6.45, 7) is 3.23. The van der Waals surface area contributed by atoms with Gasteiger partial charge < -0.3 is 4.90 Å². The summed E-state index contributed by atoms with van der Waals surface area (Å²) in [4.78, 5) is 14.0. The number of sulfonamides is 1. The molecule has 0 radical (unpaired) electrons. The molecule has 7 heteroatoms. The number of nitrogens with one attached hydrogen (secondary N) is 1. The van der Waals surface area contributed by atoms with Crippen molar-refractivity contribution in [2.45, 2.75) is 18.2 Å². The van der Waals surface area contributed by atoms with Crippen LogP contribution in [0.5, 0.6) is 0 Å². The monoisotopic (exact) mass is 364 g/mol. The zero-order valence-electron chi connectivity index (χ0n) is 13.1. The Labute approximate surface area is 146 Å². The van der Waals surface area contributed by atoms with Gasteiger partial charge in [0.1, 0.15) is 0 Å². The molecule has 1 amide bonds. The number of amides is 1. The highest BCUT2D eigenvalue weighted by Crippen LogP contribution is 2.25. The second-order valence-corrected chi connectivity index (χ2v) is 7.85. The molecule has 1 fully saturated rings. The maximum atomic E-state index is 12.6. The molecule has 2 aromatic rings. The van der Waals surface area contributed by atoms with E-state index >= 15 is 0 Å². The van der Waals surface area contributed by atoms with Crippen molar-refractivity contribution in [3.8, 4) is 0 Å². The van der Waals surface area contributed by atoms with Crippen LogP contribution in [-0.4, -0.2) is 32.3 Å². The molecule has 3 rings (SSSR count). The number of benzene rings is 2. The minimum Gasteiger partial charge on any atom is -0.338 e. The zero-order valence-corrected chi connectivity index (χ0v) is 14.7. The summed E-state index contributed by atoms with van der Waals surface area (Å²) in [6.07, 6.45) is 0.955. The Morgan fingerprint density at radius 3 is 2.54 bits per heavy atom. The van der Waals surface area contributed by atoms with E-state index in [0.717, 1.165) is 12.0 Å². The van der Waals surface area contributed by atoms with Crippen LogP contribution in [0, 0.1) is 6.92 Å². The Hall–Kier alpha value is -2.05. The molecule has 5 nitrogen and oxygen atoms in total. The zero-order chi connectivity index (χ0) is 17.3. The standard InChI is InChI=1S/C17H17ClN2O3S/c1-12-4-2-5-13(10-12)19-24(22,23)14-6-7-16(18)15(11-14)17(21)20-8-3-9-20/h2,4-7,10-11,19H,3,8-9H2,1H3. The van der Waals surface area contributed by atoms with Crippen molar-refractivity contribution in [3.63, 3.8) is 0 Å². The highest BCUT2D eigenvalue weighted by atomic mass is 35.5. The van der Waals surface area contributed by atoms with Crippen LogP contribution in [0.1, 0.15) is 22.3 Å². The molecular weight excluding hydrogens is 348 g/mol. The Bertz CT molecular complexity index is 892. The Morgan fingerprint density at radius 2 is 1.92 bits per heavy atom. The number of halogens is 1. The number of likely N-dealkylation sites (tertiary alicyclic amines) is 1. The lowest BCUT2D eigenvalue weighted by Crippen LogP contribution is -2.42. The fraction of sp³-hybridized carbons (Fsp3) is 0.235. The Morgan fingerprint density at radius 1 is 1.17 bits per heavy atom. The molecule has 24 heavy (non-hydrogen) atoms. The molecule has 0 spiro atoms. The summed E-state index contributed by atoms with van der Waals surface area (Å²) in [5.41, 5.74) is 1.63. The number of nitrogens with zero attached hydrogens (tertiary/aromatic N) is 1. The summed E-state index contributed by atoms with van der Waals surface area (Å²) in [5.74, 6) is -0.237. The maximum Gasteiger partial charge on any atom is 0.261 e. The van der Waals surface area contributed by atoms with E-state index in [9.17, 15) is 13.2 Å². The summed E-state index contributed by atoms with van der Waals surface area (Å²) in [7, 11) is -3.80. The Kier molecular flexibility index (Phi) is 4.51. The third-order valence-corrected chi connectivity index (χ3v) is 5.60. The van der Waals surface area contributed by atoms with Crippen LogP contribution in [0.4, 0.5) is 5.69 Å². The predicted octanol–water partition coefficient (Wildman–Crippen LogP) is 3.30. The highest BCUT2D eigenvalue weighted by Gasteiger charge is 2.25. The van der Waals surface area contributed by atoms with E-state index in [1.807, 2.05) is 13.0 Å². The fourth-order valence-electron chi connectivity index (χ4n) is 2.45. The van der Waals surface area contributed by atoms with Gasteiger partial charge in [0.2, 0.25) is 0 Å². The molecule has 1 heterocycles. The molecule has 0 saturated carbocycles. The SMILES string of the molecule is Cc1cccc(NS(=O)(=O)c2ccc(Cl)c(C(=O)N3CCC3)c2)c1. The third kappa shape index (κ3) is 3.39. The van der Waals surface area contributed by atoms with Crippen LogP contribution in [0.2, 0.25) is 5.02 Å². The first-order valence-electron chi connectivity index (χ1n) is 7.55. The van der Waals surface area contributed by atoms with E-state index in [4.69, 9.17) is 11.6 Å². The first-order chi connectivity index (χ1) is 11.4. The van der Waals surface area contributed by atoms with Gasteiger partial charge in [0.05, 0.1) is 15.5 Å². The van der Waals surface area contributed by atoms with E-state index in [0.29, 0.717) is 18.8 Å². The molecule has 0 aliphatic carbocycles. The van der Waals surface area contributed by atoms with Crippen molar-refractivity contribution >= 4 is 33.2 Å². The van der Waals surface area contributed by atoms with Crippen molar-refractivity contribution in [2.24, 2.45) is 0 Å². The van der Waals surface area contributed by atoms with Crippen molar-refractivity contribution in [2.75, 3.05) is 17.8 Å². The van der Waals surface area contributed by atoms with Gasteiger partial charge >= 0.3 is 0 Å². The van der Waals surface area contributed by atoms with Crippen LogP contribution in [0.25, 0.3) is 0 Å². The smallest absolute Gasteiger partial charge is 0.261 e. The number of carbonyl (C=O) groups excluding carboxylic acids is 1. The topological polar surface area (TPSA) is 66.5 Å². The van der Waals surface area contributed by atoms with Crippen LogP contribution in [0.15, 0.2) is 47.4 Å². The van der Waals surface area contributed by atoms with E-state index < -0.39 is 10.0 Å². The molecular formula is C17H17ClN2O3S. The second-order valence-electron chi connectivity index (χ2n) is 5.76. The van der Waals surface area contributed by atoms with Crippen molar-refractivity contribution < 1.29 is 13.2 Å². The van der Waals surface area contributed by atoms with E-state index in [1.54, 1.807) is 23.1 Å². The first kappa shape index (κ1) is 16.8. The largest absolute Gasteiger partial charge is 0.338 e. The molecule has 0 atom stereocenters. The molecule has 1 N–H and O–H groups in total. The minimum atomic E-state index is -3.80. The van der Waals surface area contributed by atoms with E-state index in [1.165, 1.54) is 18.2 Å². The van der Waals surface area contributed by atoms with Gasteiger partial charge in [-0.2, -0.15) is 0 Å². The molecule has 1 aliphatic heterocycles. The number of carbonyl (C=O) groups is 1. The molecule has 0 aromatic heterocycles. The van der Waals surface area contributed by atoms with Gasteiger partial charge in [-0.15, -0.1) is 0 Å². The molecule has 0 unspecified atom stereocenters. The number of hydrogen-bond acceptors (Lipinski definition) is 3. The average Bonchev–Trinajstić information content (AvgIpc) is 2.45. The third-order valence-electron chi connectivity index (χ3n) is 3.89. The molecule has 1 saturated heterocycles. The van der Waals surface area contributed by atoms with Crippen LogP contribution in [-0.2, 0) is 10.0 Å². The van der Waals surface area contributed by atoms with Crippen LogP contribution >= 0.6 is 11.6 Å². The van der Waals surface area contributed by atoms with Crippen molar-refractivity contribution in [3.05, 3.63) is 58.6 Å². The number of rotatable bonds is 4. The lowest BCUT2D eigenvalue weighted by atomic mass is 10.1. The second kappa shape index (κ2) is 6.45. The first-order valence-corrected chi connectivity index (χ1v) is 9.41. The van der Waals surface area contributed by atoms with Gasteiger partial charge in [0.25, 0.3) is 15.9 Å². The molecule has 2 aromatic carbocycles. The van der Waals surface area contributed by atoms with E-state index in [-0.39, 0.29) is 21.4 Å². The van der Waals surface area contributed by atoms with Gasteiger partial charge in [-0.05, 0) is 49.2 Å². The lowest BCUT2D eigenvalue weighted by Gasteiger charge is -2.31.